The summed E-state index contributed by atoms with van der Waals surface area (Å²) in [6.07, 6.45) is 20.2. The Balaban J connectivity index is 0. The number of carbonyl (C=O) groups is 1. The van der Waals surface area contributed by atoms with Gasteiger partial charge < -0.3 is 20.6 Å². The summed E-state index contributed by atoms with van der Waals surface area (Å²) in [6, 6.07) is 7.92. The summed E-state index contributed by atoms with van der Waals surface area (Å²) in [6.45, 7) is 2.27. The minimum Gasteiger partial charge on any atom is -2.00 e. The SMILES string of the molecule is CCCCCCCCCCCCCCCCCC(=O)O.S=c1[nH]c2ccccc2[nH]1.[O-2].[Zn+2]. The Labute approximate surface area is 212 Å². The molecule has 1 aromatic carbocycles. The molecular formula is C25H42N2O3SZn. The molecule has 178 valence electrons. The number of aromatic nitrogens is 2. The van der Waals surface area contributed by atoms with Crippen LogP contribution in [-0.4, -0.2) is 21.0 Å². The summed E-state index contributed by atoms with van der Waals surface area (Å²) < 4.78 is 0.682. The largest absolute Gasteiger partial charge is 2.00 e. The third-order valence-corrected chi connectivity index (χ3v) is 5.62. The third kappa shape index (κ3) is 18.5. The van der Waals surface area contributed by atoms with Crippen molar-refractivity contribution in [2.24, 2.45) is 0 Å². The van der Waals surface area contributed by atoms with Gasteiger partial charge in [-0.25, -0.2) is 0 Å². The molecule has 0 radical (unpaired) electrons. The van der Waals surface area contributed by atoms with Crippen molar-refractivity contribution in [3.8, 4) is 0 Å². The summed E-state index contributed by atoms with van der Waals surface area (Å²) >= 11 is 4.90. The standard InChI is InChI=1S/C18H36O2.C7H6N2S.O.Zn/c1-2-3-4-5-6-7-8-9-10-11-12-13-14-15-16-17-18(19)20;10-7-8-5-3-1-2-4-6(5)9-7;;/h2-17H2,1H3,(H,19,20);1-4H,(H2,8,9,10);;/q;;-2;+2. The number of benzene rings is 1. The molecule has 2 aromatic rings. The molecule has 0 aliphatic rings. The molecule has 0 saturated heterocycles. The number of carboxylic acid groups (broad SMARTS) is 1. The predicted molar refractivity (Wildman–Crippen MR) is 131 cm³/mol. The van der Waals surface area contributed by atoms with Gasteiger partial charge in [0.15, 0.2) is 4.77 Å². The number of para-hydroxylation sites is 2. The van der Waals surface area contributed by atoms with Crippen molar-refractivity contribution in [3.05, 3.63) is 29.0 Å². The van der Waals surface area contributed by atoms with Gasteiger partial charge in [0, 0.05) is 6.42 Å². The van der Waals surface area contributed by atoms with Crippen molar-refractivity contribution in [2.45, 2.75) is 110 Å². The van der Waals surface area contributed by atoms with Gasteiger partial charge in [0.05, 0.1) is 11.0 Å². The van der Waals surface area contributed by atoms with Gasteiger partial charge in [-0.15, -0.1) is 0 Å². The Morgan fingerprint density at radius 1 is 0.750 bits per heavy atom. The number of rotatable bonds is 16. The van der Waals surface area contributed by atoms with E-state index in [2.05, 4.69) is 16.9 Å². The maximum Gasteiger partial charge on any atom is 2.00 e. The summed E-state index contributed by atoms with van der Waals surface area (Å²) in [4.78, 5) is 16.4. The first-order valence-corrected chi connectivity index (χ1v) is 12.4. The molecule has 2 rings (SSSR count). The maximum atomic E-state index is 10.3. The number of H-pyrrole nitrogens is 2. The van der Waals surface area contributed by atoms with Gasteiger partial charge in [0.25, 0.3) is 0 Å². The monoisotopic (exact) mass is 514 g/mol. The molecule has 0 aliphatic heterocycles. The number of hydrogen-bond acceptors (Lipinski definition) is 2. The van der Waals surface area contributed by atoms with Crippen LogP contribution in [0.15, 0.2) is 24.3 Å². The second-order valence-electron chi connectivity index (χ2n) is 8.22. The summed E-state index contributed by atoms with van der Waals surface area (Å²) in [5, 5.41) is 8.52. The van der Waals surface area contributed by atoms with Gasteiger partial charge >= 0.3 is 25.4 Å². The van der Waals surface area contributed by atoms with Crippen molar-refractivity contribution in [1.82, 2.24) is 9.97 Å². The van der Waals surface area contributed by atoms with Crippen LogP contribution >= 0.6 is 12.2 Å². The number of imidazole rings is 1. The molecule has 1 heterocycles. The Hall–Kier alpha value is -1.04. The van der Waals surface area contributed by atoms with Crippen LogP contribution in [0.1, 0.15) is 110 Å². The van der Waals surface area contributed by atoms with E-state index in [-0.39, 0.29) is 25.0 Å². The van der Waals surface area contributed by atoms with E-state index < -0.39 is 5.97 Å². The van der Waals surface area contributed by atoms with E-state index in [1.54, 1.807) is 0 Å². The number of hydrogen-bond donors (Lipinski definition) is 3. The zero-order chi connectivity index (χ0) is 21.9. The summed E-state index contributed by atoms with van der Waals surface area (Å²) in [5.74, 6) is -0.653. The molecule has 0 amide bonds. The minimum absolute atomic E-state index is 0. The second kappa shape index (κ2) is 23.1. The normalized spacial score (nSPS) is 10.0. The molecule has 32 heavy (non-hydrogen) atoms. The van der Waals surface area contributed by atoms with E-state index in [0.29, 0.717) is 11.2 Å². The van der Waals surface area contributed by atoms with E-state index in [1.807, 2.05) is 24.3 Å². The Morgan fingerprint density at radius 2 is 1.09 bits per heavy atom. The third-order valence-electron chi connectivity index (χ3n) is 5.42. The van der Waals surface area contributed by atoms with E-state index >= 15 is 0 Å². The average Bonchev–Trinajstić information content (AvgIpc) is 3.11. The van der Waals surface area contributed by atoms with Gasteiger partial charge in [0.1, 0.15) is 0 Å². The molecule has 0 unspecified atom stereocenters. The smallest absolute Gasteiger partial charge is 2.00 e. The fourth-order valence-corrected chi connectivity index (χ4v) is 3.84. The Kier molecular flexibility index (Phi) is 24.0. The number of fused-ring (bicyclic) bond motifs is 1. The van der Waals surface area contributed by atoms with Crippen LogP contribution in [-0.2, 0) is 29.7 Å². The van der Waals surface area contributed by atoms with Crippen molar-refractivity contribution in [2.75, 3.05) is 0 Å². The topological polar surface area (TPSA) is 97.4 Å². The summed E-state index contributed by atoms with van der Waals surface area (Å²) in [5.41, 5.74) is 2.13. The average molecular weight is 516 g/mol. The van der Waals surface area contributed by atoms with Crippen LogP contribution in [0.3, 0.4) is 0 Å². The van der Waals surface area contributed by atoms with Gasteiger partial charge in [-0.2, -0.15) is 0 Å². The first-order chi connectivity index (χ1) is 14.6. The van der Waals surface area contributed by atoms with Crippen LogP contribution < -0.4 is 0 Å². The molecule has 7 heteroatoms. The molecule has 0 aliphatic carbocycles. The number of carboxylic acids is 1. The second-order valence-corrected chi connectivity index (χ2v) is 8.63. The maximum absolute atomic E-state index is 10.3. The van der Waals surface area contributed by atoms with E-state index in [0.717, 1.165) is 23.9 Å². The fraction of sp³-hybridized carbons (Fsp3) is 0.680. The van der Waals surface area contributed by atoms with Crippen molar-refractivity contribution >= 4 is 29.2 Å². The van der Waals surface area contributed by atoms with Gasteiger partial charge in [-0.3, -0.25) is 4.79 Å². The van der Waals surface area contributed by atoms with Crippen molar-refractivity contribution in [1.29, 1.82) is 0 Å². The number of aliphatic carboxylic acids is 1. The molecule has 1 aromatic heterocycles. The predicted octanol–water partition coefficient (Wildman–Crippen LogP) is 8.44. The first kappa shape index (κ1) is 33.1. The van der Waals surface area contributed by atoms with Crippen molar-refractivity contribution in [3.63, 3.8) is 0 Å². The van der Waals surface area contributed by atoms with Crippen LogP contribution in [0.25, 0.3) is 11.0 Å². The molecule has 0 atom stereocenters. The Bertz CT molecular complexity index is 697. The molecule has 5 nitrogen and oxygen atoms in total. The van der Waals surface area contributed by atoms with E-state index in [1.165, 1.54) is 83.5 Å². The molecule has 3 N–H and O–H groups in total. The molecular weight excluding hydrogens is 474 g/mol. The summed E-state index contributed by atoms with van der Waals surface area (Å²) in [7, 11) is 0. The number of nitrogens with one attached hydrogen (secondary N) is 2. The molecule has 0 spiro atoms. The van der Waals surface area contributed by atoms with Crippen LogP contribution in [0, 0.1) is 4.77 Å². The molecule has 0 saturated carbocycles. The first-order valence-electron chi connectivity index (χ1n) is 12.0. The van der Waals surface area contributed by atoms with E-state index in [4.69, 9.17) is 17.3 Å². The minimum atomic E-state index is -0.653. The van der Waals surface area contributed by atoms with Crippen LogP contribution in [0.4, 0.5) is 0 Å². The van der Waals surface area contributed by atoms with Crippen LogP contribution in [0.2, 0.25) is 0 Å². The van der Waals surface area contributed by atoms with Gasteiger partial charge in [-0.1, -0.05) is 109 Å². The number of aromatic amines is 2. The Morgan fingerprint density at radius 3 is 1.44 bits per heavy atom. The quantitative estimate of drug-likeness (QED) is 0.119. The van der Waals surface area contributed by atoms with Crippen molar-refractivity contribution < 1.29 is 34.9 Å². The zero-order valence-electron chi connectivity index (χ0n) is 20.0. The molecule has 0 bridgehead atoms. The van der Waals surface area contributed by atoms with E-state index in [9.17, 15) is 4.79 Å². The van der Waals surface area contributed by atoms with Gasteiger partial charge in [-0.05, 0) is 30.8 Å². The van der Waals surface area contributed by atoms with Gasteiger partial charge in [0.2, 0.25) is 0 Å². The number of unbranched alkanes of at least 4 members (excludes halogenated alkanes) is 14. The molecule has 0 fully saturated rings. The van der Waals surface area contributed by atoms with Crippen LogP contribution in [0.5, 0.6) is 0 Å². The zero-order valence-corrected chi connectivity index (χ0v) is 23.8. The fourth-order valence-electron chi connectivity index (χ4n) is 3.62.